The minimum absolute atomic E-state index is 0. The molecule has 0 bridgehead atoms. The van der Waals surface area contributed by atoms with E-state index in [1.54, 1.807) is 18.3 Å². The van der Waals surface area contributed by atoms with E-state index in [2.05, 4.69) is 72.7 Å². The van der Waals surface area contributed by atoms with Crippen molar-refractivity contribution in [3.8, 4) is 5.82 Å². The van der Waals surface area contributed by atoms with Crippen molar-refractivity contribution in [3.05, 3.63) is 115 Å². The Morgan fingerprint density at radius 3 is 2.45 bits per heavy atom. The number of aryl methyl sites for hydroxylation is 1. The Bertz CT molecular complexity index is 1990. The van der Waals surface area contributed by atoms with Crippen molar-refractivity contribution in [2.45, 2.75) is 19.9 Å². The fourth-order valence-electron chi connectivity index (χ4n) is 5.45. The molecule has 202 valence electrons. The second-order valence-electron chi connectivity index (χ2n) is 10.4. The summed E-state index contributed by atoms with van der Waals surface area (Å²) in [7, 11) is -0.342. The first kappa shape index (κ1) is 23.0. The molecular weight excluding hydrogens is 692 g/mol. The van der Waals surface area contributed by atoms with Gasteiger partial charge < -0.3 is 4.57 Å². The molecule has 40 heavy (non-hydrogen) atoms. The zero-order valence-corrected chi connectivity index (χ0v) is 25.6. The summed E-state index contributed by atoms with van der Waals surface area (Å²) in [6.45, 7) is 2.39. The van der Waals surface area contributed by atoms with Crippen LogP contribution in [0.15, 0.2) is 97.2 Å². The molecule has 6 aromatic rings. The number of rotatable bonds is 4. The number of nitrogens with zero attached hydrogens (tertiary/aromatic N) is 4. The monoisotopic (exact) mass is 723 g/mol. The number of anilines is 3. The van der Waals surface area contributed by atoms with Gasteiger partial charge in [-0.25, -0.2) is 4.98 Å². The summed E-state index contributed by atoms with van der Waals surface area (Å²) >= 11 is 0. The first-order chi connectivity index (χ1) is 20.1. The molecule has 0 unspecified atom stereocenters. The number of para-hydroxylation sites is 3. The van der Waals surface area contributed by atoms with Gasteiger partial charge in [0, 0.05) is 42.6 Å². The summed E-state index contributed by atoms with van der Waals surface area (Å²) in [5.74, 6) is 0.565. The predicted molar refractivity (Wildman–Crippen MR) is 163 cm³/mol. The van der Waals surface area contributed by atoms with Gasteiger partial charge in [-0.15, -0.1) is 21.6 Å². The van der Waals surface area contributed by atoms with Gasteiger partial charge in [-0.2, -0.15) is 51.7 Å². The second kappa shape index (κ2) is 10.0. The van der Waals surface area contributed by atoms with E-state index < -0.39 is 14.9 Å². The molecule has 0 aliphatic carbocycles. The maximum Gasteiger partial charge on any atom is 0.145 e. The Hall–Kier alpha value is -3.70. The molecule has 1 aliphatic heterocycles. The van der Waals surface area contributed by atoms with Crippen LogP contribution < -0.4 is 20.5 Å². The van der Waals surface area contributed by atoms with Gasteiger partial charge in [0.15, 0.2) is 0 Å². The third-order valence-corrected chi connectivity index (χ3v) is 10.9. The van der Waals surface area contributed by atoms with E-state index in [1.165, 1.54) is 0 Å². The van der Waals surface area contributed by atoms with E-state index in [1.807, 2.05) is 58.1 Å². The number of hydrogen-bond donors (Lipinski definition) is 0. The Labute approximate surface area is 254 Å². The van der Waals surface area contributed by atoms with Crippen molar-refractivity contribution in [2.24, 2.45) is 0 Å². The Morgan fingerprint density at radius 1 is 0.825 bits per heavy atom. The molecule has 3 heterocycles. The molecule has 2 aromatic heterocycles. The Morgan fingerprint density at radius 2 is 1.60 bits per heavy atom. The van der Waals surface area contributed by atoms with Gasteiger partial charge in [0.25, 0.3) is 0 Å². The van der Waals surface area contributed by atoms with Crippen LogP contribution in [0.1, 0.15) is 9.68 Å². The maximum atomic E-state index is 7.94. The van der Waals surface area contributed by atoms with Crippen LogP contribution in [-0.2, 0) is 21.1 Å². The Kier molecular flexibility index (Phi) is 5.79. The number of hydroxylamine groups is 1. The molecule has 0 fully saturated rings. The third kappa shape index (κ3) is 4.19. The van der Waals surface area contributed by atoms with E-state index in [9.17, 15) is 0 Å². The zero-order chi connectivity index (χ0) is 29.2. The molecule has 0 saturated carbocycles. The van der Waals surface area contributed by atoms with Gasteiger partial charge >= 0.3 is 0 Å². The Balaban J connectivity index is 0.00000329. The first-order valence-corrected chi connectivity index (χ1v) is 15.9. The van der Waals surface area contributed by atoms with Crippen molar-refractivity contribution in [1.29, 1.82) is 0 Å². The molecule has 0 amide bonds. The normalized spacial score (nSPS) is 14.5. The van der Waals surface area contributed by atoms with Crippen LogP contribution >= 0.6 is 0 Å². The quantitative estimate of drug-likeness (QED) is 0.121. The number of benzene rings is 4. The second-order valence-corrected chi connectivity index (χ2v) is 14.7. The minimum atomic E-state index is -2.29. The van der Waals surface area contributed by atoms with E-state index in [4.69, 9.17) is 9.05 Å². The van der Waals surface area contributed by atoms with Crippen molar-refractivity contribution in [2.75, 3.05) is 17.2 Å². The van der Waals surface area contributed by atoms with Gasteiger partial charge in [-0.05, 0) is 48.1 Å². The molecule has 0 radical (unpaired) electrons. The summed E-state index contributed by atoms with van der Waals surface area (Å²) in [4.78, 5) is 9.35. The van der Waals surface area contributed by atoms with Crippen molar-refractivity contribution in [3.63, 3.8) is 0 Å². The topological polar surface area (TPSA) is 37.1 Å². The average Bonchev–Trinajstić information content (AvgIpc) is 3.51. The van der Waals surface area contributed by atoms with Crippen molar-refractivity contribution >= 4 is 57.3 Å². The molecule has 0 atom stereocenters. The minimum Gasteiger partial charge on any atom is -0.319 e. The largest absolute Gasteiger partial charge is 0.319 e. The molecule has 7 heteroatoms. The van der Waals surface area contributed by atoms with Crippen LogP contribution in [-0.4, -0.2) is 29.6 Å². The molecule has 0 saturated heterocycles. The summed E-state index contributed by atoms with van der Waals surface area (Å²) in [6, 6.07) is 37.6. The summed E-state index contributed by atoms with van der Waals surface area (Å²) < 4.78 is 25.9. The molecular formula is C33H29N4OPtSi-. The van der Waals surface area contributed by atoms with Crippen LogP contribution in [0.2, 0.25) is 13.1 Å². The van der Waals surface area contributed by atoms with Gasteiger partial charge in [0.05, 0.1) is 15.1 Å². The van der Waals surface area contributed by atoms with Gasteiger partial charge in [0.2, 0.25) is 0 Å². The fraction of sp³-hybridized carbons (Fsp3) is 0.121. The van der Waals surface area contributed by atoms with Crippen LogP contribution in [0.5, 0.6) is 0 Å². The van der Waals surface area contributed by atoms with E-state index in [0.29, 0.717) is 5.82 Å². The van der Waals surface area contributed by atoms with Crippen LogP contribution in [0.4, 0.5) is 17.1 Å². The summed E-state index contributed by atoms with van der Waals surface area (Å²) in [5, 5.41) is 8.21. The van der Waals surface area contributed by atoms with E-state index >= 15 is 0 Å². The smallest absolute Gasteiger partial charge is 0.145 e. The molecule has 0 spiro atoms. The first-order valence-electron chi connectivity index (χ1n) is 14.4. The van der Waals surface area contributed by atoms with Crippen molar-refractivity contribution in [1.82, 2.24) is 9.55 Å². The number of aromatic nitrogens is 2. The fourth-order valence-corrected chi connectivity index (χ4v) is 7.63. The van der Waals surface area contributed by atoms with E-state index in [0.717, 1.165) is 49.2 Å². The molecule has 7 rings (SSSR count). The summed E-state index contributed by atoms with van der Waals surface area (Å²) in [5.41, 5.74) is 5.07. The van der Waals surface area contributed by atoms with Crippen molar-refractivity contribution < 1.29 is 30.1 Å². The SMILES string of the molecule is [2H]C([2H])([2H])c1ccnc(-n2c3[c-]c([Si](C)(C)c4[c-]c(N5[OH+]N(C)c6ccccc65)ccc4)ccc3c3ccccc32)c1.[Pt]. The predicted octanol–water partition coefficient (Wildman–Crippen LogP) is 6.34. The van der Waals surface area contributed by atoms with Gasteiger partial charge in [-0.3, -0.25) is 0 Å². The third-order valence-electron chi connectivity index (χ3n) is 7.59. The van der Waals surface area contributed by atoms with Crippen LogP contribution in [0, 0.1) is 19.0 Å². The van der Waals surface area contributed by atoms with Crippen LogP contribution in [0.25, 0.3) is 27.6 Å². The standard InChI is InChI=1S/C33H28N4OSi.Pt/c1-23-18-19-34-33(20-23)36-29-13-6-5-12-27(29)28-17-16-26(22-32(28)36)39(3,4)25-11-9-10-24(21-25)37-31-15-8-7-14-30(31)35(2)38-37;/h5-20H,1-4H3;/q-2;/p+1/i1D3;. The van der Waals surface area contributed by atoms with Gasteiger partial charge in [0.1, 0.15) is 17.2 Å². The zero-order valence-electron chi connectivity index (χ0n) is 25.3. The number of pyridine rings is 1. The molecule has 1 aliphatic rings. The number of hydrogen-bond acceptors (Lipinski definition) is 3. The maximum absolute atomic E-state index is 7.94. The molecule has 5 nitrogen and oxygen atoms in total. The number of fused-ring (bicyclic) bond motifs is 4. The van der Waals surface area contributed by atoms with E-state index in [-0.39, 0.29) is 26.6 Å². The molecule has 1 N–H and O–H groups in total. The molecule has 4 aromatic carbocycles. The summed E-state index contributed by atoms with van der Waals surface area (Å²) in [6.07, 6.45) is 1.57. The average molecular weight is 724 g/mol. The van der Waals surface area contributed by atoms with Gasteiger partial charge in [-0.1, -0.05) is 48.9 Å². The van der Waals surface area contributed by atoms with Crippen LogP contribution in [0.3, 0.4) is 0 Å².